The van der Waals surface area contributed by atoms with E-state index in [0.717, 1.165) is 18.5 Å². The van der Waals surface area contributed by atoms with E-state index in [9.17, 15) is 4.79 Å². The monoisotopic (exact) mass is 302 g/mol. The average Bonchev–Trinajstić information content (AvgIpc) is 2.53. The van der Waals surface area contributed by atoms with E-state index in [1.807, 2.05) is 30.3 Å². The van der Waals surface area contributed by atoms with Gasteiger partial charge in [0.15, 0.2) is 0 Å². The number of unbranched alkanes of at least 4 members (excludes halogenated alkanes) is 9. The first-order valence-electron chi connectivity index (χ1n) is 9.00. The molecule has 0 unspecified atom stereocenters. The molecule has 0 atom stereocenters. The number of hydrogen-bond donors (Lipinski definition) is 1. The van der Waals surface area contributed by atoms with Crippen molar-refractivity contribution in [3.8, 4) is 0 Å². The highest BCUT2D eigenvalue weighted by atomic mass is 16.1. The fraction of sp³-hybridized carbons (Fsp3) is 0.600. The molecule has 0 aliphatic rings. The summed E-state index contributed by atoms with van der Waals surface area (Å²) in [6.07, 6.45) is 14.9. The molecule has 0 aliphatic heterocycles. The summed E-state index contributed by atoms with van der Waals surface area (Å²) in [5.41, 5.74) is 0.961. The van der Waals surface area contributed by atoms with Crippen LogP contribution in [0.1, 0.15) is 76.7 Å². The van der Waals surface area contributed by atoms with E-state index in [1.54, 1.807) is 6.42 Å². The third-order valence-corrected chi connectivity index (χ3v) is 3.93. The van der Waals surface area contributed by atoms with Crippen molar-refractivity contribution in [2.45, 2.75) is 71.1 Å². The lowest BCUT2D eigenvalue weighted by Gasteiger charge is -2.05. The molecule has 2 heteroatoms. The first-order chi connectivity index (χ1) is 10.8. The van der Waals surface area contributed by atoms with Crippen LogP contribution in [-0.4, -0.2) is 12.5 Å². The van der Waals surface area contributed by atoms with Crippen LogP contribution in [0.25, 0.3) is 0 Å². The fourth-order valence-electron chi connectivity index (χ4n) is 2.58. The van der Waals surface area contributed by atoms with Crippen molar-refractivity contribution in [3.63, 3.8) is 0 Å². The number of nitrogens with one attached hydrogen (secondary N) is 1. The highest BCUT2D eigenvalue weighted by Gasteiger charge is 2.02. The Morgan fingerprint density at radius 1 is 0.864 bits per heavy atom. The van der Waals surface area contributed by atoms with Gasteiger partial charge in [-0.3, -0.25) is 4.79 Å². The topological polar surface area (TPSA) is 29.1 Å². The number of hydrogen-bond acceptors (Lipinski definition) is 1. The van der Waals surface area contributed by atoms with E-state index in [0.29, 0.717) is 0 Å². The summed E-state index contributed by atoms with van der Waals surface area (Å²) in [4.78, 5) is 11.7. The normalized spacial score (nSPS) is 10.6. The van der Waals surface area contributed by atoms with E-state index in [-0.39, 0.29) is 5.91 Å². The number of rotatable bonds is 13. The zero-order chi connectivity index (χ0) is 15.9. The summed E-state index contributed by atoms with van der Waals surface area (Å²) in [6.45, 7) is 3.05. The van der Waals surface area contributed by atoms with Gasteiger partial charge in [-0.25, -0.2) is 0 Å². The van der Waals surface area contributed by atoms with Crippen LogP contribution < -0.4 is 5.32 Å². The van der Waals surface area contributed by atoms with Crippen LogP contribution in [-0.2, 0) is 4.79 Å². The maximum Gasteiger partial charge on any atom is 0.228 e. The lowest BCUT2D eigenvalue weighted by atomic mass is 10.1. The highest BCUT2D eigenvalue weighted by Crippen LogP contribution is 2.10. The second-order valence-electron chi connectivity index (χ2n) is 6.03. The second kappa shape index (κ2) is 13.4. The molecular weight excluding hydrogens is 270 g/mol. The highest BCUT2D eigenvalue weighted by molar-refractivity contribution is 5.88. The summed E-state index contributed by atoms with van der Waals surface area (Å²) in [5, 5.41) is 2.96. The van der Waals surface area contributed by atoms with E-state index >= 15 is 0 Å². The van der Waals surface area contributed by atoms with Gasteiger partial charge in [0, 0.05) is 6.54 Å². The molecule has 1 radical (unpaired) electrons. The Morgan fingerprint density at radius 2 is 1.41 bits per heavy atom. The summed E-state index contributed by atoms with van der Waals surface area (Å²) >= 11 is 0. The molecule has 0 heterocycles. The Morgan fingerprint density at radius 3 is 2.00 bits per heavy atom. The van der Waals surface area contributed by atoms with E-state index in [2.05, 4.69) is 12.2 Å². The molecule has 0 aliphatic carbocycles. The van der Waals surface area contributed by atoms with E-state index in [4.69, 9.17) is 0 Å². The average molecular weight is 302 g/mol. The van der Waals surface area contributed by atoms with Crippen molar-refractivity contribution in [1.29, 1.82) is 0 Å². The number of carbonyl (C=O) groups excluding carboxylic acids is 1. The number of amides is 1. The lowest BCUT2D eigenvalue weighted by molar-refractivity contribution is -0.117. The standard InChI is InChI=1S/C20H32NO/c1-2-3-4-5-6-7-8-9-10-14-17-21-20(22)18-19-15-12-11-13-16-19/h11-13,15-16,18H,2-10,14,17H2,1H3,(H,21,22). The molecule has 0 spiro atoms. The molecule has 0 aromatic heterocycles. The van der Waals surface area contributed by atoms with Crippen molar-refractivity contribution in [3.05, 3.63) is 42.3 Å². The Balaban J connectivity index is 1.86. The zero-order valence-electron chi connectivity index (χ0n) is 14.2. The predicted octanol–water partition coefficient (Wildman–Crippen LogP) is 5.28. The Labute approximate surface area is 136 Å². The van der Waals surface area contributed by atoms with Crippen LogP contribution in [0.4, 0.5) is 0 Å². The van der Waals surface area contributed by atoms with E-state index < -0.39 is 0 Å². The lowest BCUT2D eigenvalue weighted by Crippen LogP contribution is -2.24. The molecule has 0 bridgehead atoms. The molecule has 1 amide bonds. The molecule has 1 N–H and O–H groups in total. The third kappa shape index (κ3) is 10.4. The minimum atomic E-state index is 0.0159. The van der Waals surface area contributed by atoms with Crippen LogP contribution >= 0.6 is 0 Å². The third-order valence-electron chi connectivity index (χ3n) is 3.93. The maximum absolute atomic E-state index is 11.7. The first-order valence-corrected chi connectivity index (χ1v) is 9.00. The Bertz CT molecular complexity index is 375. The van der Waals surface area contributed by atoms with Gasteiger partial charge in [-0.1, -0.05) is 95.0 Å². The van der Waals surface area contributed by atoms with Gasteiger partial charge in [0.25, 0.3) is 0 Å². The number of benzene rings is 1. The zero-order valence-corrected chi connectivity index (χ0v) is 14.2. The molecule has 123 valence electrons. The molecule has 1 aromatic carbocycles. The van der Waals surface area contributed by atoms with Crippen molar-refractivity contribution < 1.29 is 4.79 Å². The predicted molar refractivity (Wildman–Crippen MR) is 94.7 cm³/mol. The maximum atomic E-state index is 11.7. The molecule has 22 heavy (non-hydrogen) atoms. The smallest absolute Gasteiger partial charge is 0.228 e. The fourth-order valence-corrected chi connectivity index (χ4v) is 2.58. The van der Waals surface area contributed by atoms with Gasteiger partial charge >= 0.3 is 0 Å². The molecule has 0 fully saturated rings. The minimum absolute atomic E-state index is 0.0159. The molecule has 1 rings (SSSR count). The van der Waals surface area contributed by atoms with Crippen LogP contribution in [0.3, 0.4) is 0 Å². The van der Waals surface area contributed by atoms with Crippen LogP contribution in [0.2, 0.25) is 0 Å². The first kappa shape index (κ1) is 18.7. The van der Waals surface area contributed by atoms with Gasteiger partial charge in [0.2, 0.25) is 5.91 Å². The van der Waals surface area contributed by atoms with Crippen molar-refractivity contribution >= 4 is 5.91 Å². The molecule has 0 saturated heterocycles. The summed E-state index contributed by atoms with van der Waals surface area (Å²) in [5.74, 6) is 0.0159. The van der Waals surface area contributed by atoms with Gasteiger partial charge in [-0.2, -0.15) is 0 Å². The Hall–Kier alpha value is -1.31. The number of carbonyl (C=O) groups is 1. The van der Waals surface area contributed by atoms with Gasteiger partial charge in [0.1, 0.15) is 0 Å². The largest absolute Gasteiger partial charge is 0.356 e. The van der Waals surface area contributed by atoms with Gasteiger partial charge in [-0.05, 0) is 12.0 Å². The molecule has 0 saturated carbocycles. The summed E-state index contributed by atoms with van der Waals surface area (Å²) < 4.78 is 0. The van der Waals surface area contributed by atoms with Crippen molar-refractivity contribution in [1.82, 2.24) is 5.32 Å². The summed E-state index contributed by atoms with van der Waals surface area (Å²) in [6, 6.07) is 9.74. The van der Waals surface area contributed by atoms with Crippen molar-refractivity contribution in [2.75, 3.05) is 6.54 Å². The van der Waals surface area contributed by atoms with Crippen LogP contribution in [0, 0.1) is 6.42 Å². The molecular formula is C20H32NO. The van der Waals surface area contributed by atoms with Gasteiger partial charge in [0.05, 0.1) is 6.42 Å². The van der Waals surface area contributed by atoms with E-state index in [1.165, 1.54) is 57.8 Å². The molecule has 1 aromatic rings. The van der Waals surface area contributed by atoms with Crippen LogP contribution in [0.15, 0.2) is 30.3 Å². The quantitative estimate of drug-likeness (QED) is 0.494. The Kier molecular flexibility index (Phi) is 11.4. The van der Waals surface area contributed by atoms with Crippen LogP contribution in [0.5, 0.6) is 0 Å². The SMILES string of the molecule is CCCCCCCCCCCCNC(=O)[CH]c1ccccc1. The minimum Gasteiger partial charge on any atom is -0.356 e. The van der Waals surface area contributed by atoms with Gasteiger partial charge < -0.3 is 5.32 Å². The molecule has 2 nitrogen and oxygen atoms in total. The van der Waals surface area contributed by atoms with Crippen molar-refractivity contribution in [2.24, 2.45) is 0 Å². The summed E-state index contributed by atoms with van der Waals surface area (Å²) in [7, 11) is 0. The van der Waals surface area contributed by atoms with Gasteiger partial charge in [-0.15, -0.1) is 0 Å². The second-order valence-corrected chi connectivity index (χ2v) is 6.03.